The lowest BCUT2D eigenvalue weighted by molar-refractivity contribution is 0.414. The SMILES string of the molecule is COc1ccc(C(N)Cc2cccc(Br)c2)c(Br)c1. The van der Waals surface area contributed by atoms with Crippen molar-refractivity contribution in [3.63, 3.8) is 0 Å². The third-order valence-corrected chi connectivity index (χ3v) is 4.13. The second-order valence-electron chi connectivity index (χ2n) is 4.33. The molecule has 19 heavy (non-hydrogen) atoms. The van der Waals surface area contributed by atoms with Gasteiger partial charge < -0.3 is 10.5 Å². The molecular formula is C15H15Br2NO. The van der Waals surface area contributed by atoms with Crippen molar-refractivity contribution in [2.45, 2.75) is 12.5 Å². The minimum absolute atomic E-state index is 0.0467. The monoisotopic (exact) mass is 383 g/mol. The highest BCUT2D eigenvalue weighted by Crippen LogP contribution is 2.28. The molecule has 2 aromatic carbocycles. The van der Waals surface area contributed by atoms with Crippen LogP contribution < -0.4 is 10.5 Å². The predicted molar refractivity (Wildman–Crippen MR) is 85.5 cm³/mol. The molecule has 2 rings (SSSR count). The van der Waals surface area contributed by atoms with Gasteiger partial charge in [0.1, 0.15) is 5.75 Å². The Labute approximate surface area is 130 Å². The summed E-state index contributed by atoms with van der Waals surface area (Å²) in [6, 6.07) is 14.0. The molecule has 0 aromatic heterocycles. The number of hydrogen-bond acceptors (Lipinski definition) is 2. The van der Waals surface area contributed by atoms with E-state index in [1.807, 2.05) is 30.3 Å². The summed E-state index contributed by atoms with van der Waals surface area (Å²) in [6.45, 7) is 0. The maximum Gasteiger partial charge on any atom is 0.120 e. The molecule has 4 heteroatoms. The third-order valence-electron chi connectivity index (χ3n) is 2.95. The van der Waals surface area contributed by atoms with Crippen molar-refractivity contribution >= 4 is 31.9 Å². The van der Waals surface area contributed by atoms with Gasteiger partial charge in [-0.1, -0.05) is 50.1 Å². The fraction of sp³-hybridized carbons (Fsp3) is 0.200. The second-order valence-corrected chi connectivity index (χ2v) is 6.10. The zero-order chi connectivity index (χ0) is 13.8. The molecule has 2 nitrogen and oxygen atoms in total. The summed E-state index contributed by atoms with van der Waals surface area (Å²) in [5, 5.41) is 0. The van der Waals surface area contributed by atoms with E-state index < -0.39 is 0 Å². The Hall–Kier alpha value is -0.840. The molecule has 0 fully saturated rings. The third kappa shape index (κ3) is 3.81. The molecular weight excluding hydrogens is 370 g/mol. The summed E-state index contributed by atoms with van der Waals surface area (Å²) in [5.41, 5.74) is 8.58. The number of hydrogen-bond donors (Lipinski definition) is 1. The van der Waals surface area contributed by atoms with Crippen LogP contribution in [-0.2, 0) is 6.42 Å². The zero-order valence-corrected chi connectivity index (χ0v) is 13.7. The van der Waals surface area contributed by atoms with Gasteiger partial charge >= 0.3 is 0 Å². The number of ether oxygens (including phenoxy) is 1. The van der Waals surface area contributed by atoms with Crippen LogP contribution in [0.25, 0.3) is 0 Å². The Morgan fingerprint density at radius 1 is 1.16 bits per heavy atom. The first-order valence-electron chi connectivity index (χ1n) is 5.93. The van der Waals surface area contributed by atoms with Crippen molar-refractivity contribution in [1.29, 1.82) is 0 Å². The molecule has 0 radical (unpaired) electrons. The quantitative estimate of drug-likeness (QED) is 0.844. The zero-order valence-electron chi connectivity index (χ0n) is 10.6. The lowest BCUT2D eigenvalue weighted by Gasteiger charge is -2.15. The van der Waals surface area contributed by atoms with E-state index in [2.05, 4.69) is 44.0 Å². The molecule has 0 saturated heterocycles. The van der Waals surface area contributed by atoms with Crippen LogP contribution in [0.4, 0.5) is 0 Å². The first-order valence-corrected chi connectivity index (χ1v) is 7.52. The number of nitrogens with two attached hydrogens (primary N) is 1. The largest absolute Gasteiger partial charge is 0.497 e. The van der Waals surface area contributed by atoms with Crippen LogP contribution >= 0.6 is 31.9 Å². The van der Waals surface area contributed by atoms with Gasteiger partial charge in [0.25, 0.3) is 0 Å². The van der Waals surface area contributed by atoms with Crippen molar-refractivity contribution in [2.75, 3.05) is 7.11 Å². The van der Waals surface area contributed by atoms with Crippen LogP contribution in [0.1, 0.15) is 17.2 Å². The lowest BCUT2D eigenvalue weighted by Crippen LogP contribution is -2.14. The summed E-state index contributed by atoms with van der Waals surface area (Å²) in [4.78, 5) is 0. The van der Waals surface area contributed by atoms with Crippen LogP contribution in [0.5, 0.6) is 5.75 Å². The van der Waals surface area contributed by atoms with Crippen molar-refractivity contribution in [3.05, 3.63) is 62.5 Å². The van der Waals surface area contributed by atoms with Crippen LogP contribution in [0.15, 0.2) is 51.4 Å². The minimum Gasteiger partial charge on any atom is -0.497 e. The van der Waals surface area contributed by atoms with Crippen molar-refractivity contribution < 1.29 is 4.74 Å². The van der Waals surface area contributed by atoms with Crippen LogP contribution in [0.2, 0.25) is 0 Å². The van der Waals surface area contributed by atoms with Gasteiger partial charge in [-0.05, 0) is 41.8 Å². The summed E-state index contributed by atoms with van der Waals surface area (Å²) in [7, 11) is 1.66. The molecule has 0 spiro atoms. The van der Waals surface area contributed by atoms with Gasteiger partial charge in [-0.25, -0.2) is 0 Å². The van der Waals surface area contributed by atoms with Crippen LogP contribution in [0, 0.1) is 0 Å². The fourth-order valence-electron chi connectivity index (χ4n) is 1.96. The van der Waals surface area contributed by atoms with E-state index in [9.17, 15) is 0 Å². The summed E-state index contributed by atoms with van der Waals surface area (Å²) in [5.74, 6) is 0.824. The second kappa shape index (κ2) is 6.55. The van der Waals surface area contributed by atoms with Gasteiger partial charge in [-0.3, -0.25) is 0 Å². The van der Waals surface area contributed by atoms with Gasteiger partial charge in [0.2, 0.25) is 0 Å². The maximum absolute atomic E-state index is 6.28. The molecule has 2 N–H and O–H groups in total. The molecule has 0 aliphatic carbocycles. The highest BCUT2D eigenvalue weighted by molar-refractivity contribution is 9.10. The molecule has 100 valence electrons. The van der Waals surface area contributed by atoms with Gasteiger partial charge in [0.05, 0.1) is 7.11 Å². The average Bonchev–Trinajstić information content (AvgIpc) is 2.38. The molecule has 0 amide bonds. The number of halogens is 2. The standard InChI is InChI=1S/C15H15Br2NO/c1-19-12-5-6-13(14(17)9-12)15(18)8-10-3-2-4-11(16)7-10/h2-7,9,15H,8,18H2,1H3. The number of rotatable bonds is 4. The Morgan fingerprint density at radius 2 is 1.95 bits per heavy atom. The predicted octanol–water partition coefficient (Wildman–Crippen LogP) is 4.46. The Kier molecular flexibility index (Phi) is 5.02. The lowest BCUT2D eigenvalue weighted by atomic mass is 10.00. The first kappa shape index (κ1) is 14.6. The minimum atomic E-state index is -0.0467. The van der Waals surface area contributed by atoms with E-state index >= 15 is 0 Å². The van der Waals surface area contributed by atoms with Crippen molar-refractivity contribution in [2.24, 2.45) is 5.73 Å². The summed E-state index contributed by atoms with van der Waals surface area (Å²) >= 11 is 7.02. The first-order chi connectivity index (χ1) is 9.10. The van der Waals surface area contributed by atoms with E-state index in [-0.39, 0.29) is 6.04 Å². The normalized spacial score (nSPS) is 12.2. The van der Waals surface area contributed by atoms with Gasteiger partial charge in [-0.2, -0.15) is 0 Å². The molecule has 0 aliphatic heterocycles. The average molecular weight is 385 g/mol. The maximum atomic E-state index is 6.28. The highest BCUT2D eigenvalue weighted by Gasteiger charge is 2.11. The summed E-state index contributed by atoms with van der Waals surface area (Å²) in [6.07, 6.45) is 0.796. The van der Waals surface area contributed by atoms with E-state index in [4.69, 9.17) is 10.5 Å². The van der Waals surface area contributed by atoms with E-state index in [0.717, 1.165) is 26.7 Å². The molecule has 2 aromatic rings. The fourth-order valence-corrected chi connectivity index (χ4v) is 3.06. The van der Waals surface area contributed by atoms with E-state index in [1.165, 1.54) is 5.56 Å². The van der Waals surface area contributed by atoms with Gasteiger partial charge in [-0.15, -0.1) is 0 Å². The molecule has 0 heterocycles. The molecule has 0 bridgehead atoms. The van der Waals surface area contributed by atoms with Crippen LogP contribution in [0.3, 0.4) is 0 Å². The molecule has 1 atom stereocenters. The highest BCUT2D eigenvalue weighted by atomic mass is 79.9. The van der Waals surface area contributed by atoms with Crippen LogP contribution in [-0.4, -0.2) is 7.11 Å². The molecule has 0 saturated carbocycles. The van der Waals surface area contributed by atoms with E-state index in [1.54, 1.807) is 7.11 Å². The topological polar surface area (TPSA) is 35.2 Å². The smallest absolute Gasteiger partial charge is 0.120 e. The van der Waals surface area contributed by atoms with E-state index in [0.29, 0.717) is 0 Å². The molecule has 1 unspecified atom stereocenters. The number of methoxy groups -OCH3 is 1. The summed E-state index contributed by atoms with van der Waals surface area (Å²) < 4.78 is 7.24. The van der Waals surface area contributed by atoms with Crippen molar-refractivity contribution in [3.8, 4) is 5.75 Å². The van der Waals surface area contributed by atoms with Crippen molar-refractivity contribution in [1.82, 2.24) is 0 Å². The van der Waals surface area contributed by atoms with Gasteiger partial charge in [0, 0.05) is 15.0 Å². The van der Waals surface area contributed by atoms with Gasteiger partial charge in [0.15, 0.2) is 0 Å². The Morgan fingerprint density at radius 3 is 2.58 bits per heavy atom. The number of benzene rings is 2. The Balaban J connectivity index is 2.18. The molecule has 0 aliphatic rings. The Bertz CT molecular complexity index is 572.